The maximum atomic E-state index is 13.3. The number of carbonyl (C=O) groups is 1. The van der Waals surface area contributed by atoms with Crippen molar-refractivity contribution in [3.8, 4) is 0 Å². The lowest BCUT2D eigenvalue weighted by atomic mass is 10.1. The normalized spacial score (nSPS) is 15.6. The van der Waals surface area contributed by atoms with Crippen molar-refractivity contribution >= 4 is 49.4 Å². The van der Waals surface area contributed by atoms with Gasteiger partial charge in [-0.2, -0.15) is 9.61 Å². The first kappa shape index (κ1) is 16.3. The van der Waals surface area contributed by atoms with E-state index in [-0.39, 0.29) is 11.5 Å². The van der Waals surface area contributed by atoms with Crippen molar-refractivity contribution in [2.45, 2.75) is 6.54 Å². The van der Waals surface area contributed by atoms with Crippen molar-refractivity contribution in [2.24, 2.45) is 0 Å². The Balaban J connectivity index is 1.76. The first-order valence-corrected chi connectivity index (χ1v) is 9.77. The number of amides is 1. The predicted molar refractivity (Wildman–Crippen MR) is 107 cm³/mol. The fourth-order valence-electron chi connectivity index (χ4n) is 3.27. The predicted octanol–water partition coefficient (Wildman–Crippen LogP) is 2.38. The van der Waals surface area contributed by atoms with Crippen molar-refractivity contribution in [1.29, 1.82) is 0 Å². The summed E-state index contributed by atoms with van der Waals surface area (Å²) >= 11 is 4.66. The molecule has 0 saturated carbocycles. The number of rotatable bonds is 2. The van der Waals surface area contributed by atoms with E-state index in [1.807, 2.05) is 48.5 Å². The van der Waals surface area contributed by atoms with Gasteiger partial charge in [-0.3, -0.25) is 9.59 Å². The molecule has 0 fully saturated rings. The number of benzene rings is 2. The highest BCUT2D eigenvalue weighted by atomic mass is 79.9. The molecule has 1 amide bonds. The molecule has 3 heterocycles. The quantitative estimate of drug-likeness (QED) is 0.481. The number of aromatic nitrogens is 3. The van der Waals surface area contributed by atoms with E-state index >= 15 is 0 Å². The van der Waals surface area contributed by atoms with Gasteiger partial charge in [0.05, 0.1) is 17.8 Å². The SMILES string of the molecule is O=C1C(=c2sc3ncnn3c2=O)c2cc(Br)ccc2N1Cc1ccccc1. The molecule has 8 heteroatoms. The zero-order chi connectivity index (χ0) is 18.5. The maximum absolute atomic E-state index is 13.3. The van der Waals surface area contributed by atoms with Crippen molar-refractivity contribution in [3.05, 3.63) is 85.3 Å². The third-order valence-electron chi connectivity index (χ3n) is 4.48. The number of carbonyl (C=O) groups excluding carboxylic acids is 1. The van der Waals surface area contributed by atoms with Crippen LogP contribution in [0, 0.1) is 0 Å². The average Bonchev–Trinajstić information content (AvgIpc) is 3.31. The Bertz CT molecular complexity index is 1310. The highest BCUT2D eigenvalue weighted by Crippen LogP contribution is 2.38. The van der Waals surface area contributed by atoms with E-state index in [4.69, 9.17) is 0 Å². The minimum Gasteiger partial charge on any atom is -0.303 e. The van der Waals surface area contributed by atoms with E-state index in [0.717, 1.165) is 21.3 Å². The summed E-state index contributed by atoms with van der Waals surface area (Å²) in [6.07, 6.45) is 1.34. The van der Waals surface area contributed by atoms with Gasteiger partial charge in [0.1, 0.15) is 10.9 Å². The topological polar surface area (TPSA) is 67.6 Å². The lowest BCUT2D eigenvalue weighted by molar-refractivity contribution is -0.113. The van der Waals surface area contributed by atoms with E-state index in [1.54, 1.807) is 4.90 Å². The summed E-state index contributed by atoms with van der Waals surface area (Å²) in [5, 5.41) is 3.95. The van der Waals surface area contributed by atoms with Gasteiger partial charge in [0.2, 0.25) is 4.96 Å². The van der Waals surface area contributed by atoms with Crippen LogP contribution in [0.4, 0.5) is 5.69 Å². The van der Waals surface area contributed by atoms with E-state index in [9.17, 15) is 9.59 Å². The molecule has 0 N–H and O–H groups in total. The zero-order valence-corrected chi connectivity index (χ0v) is 16.2. The van der Waals surface area contributed by atoms with E-state index in [2.05, 4.69) is 26.0 Å². The van der Waals surface area contributed by atoms with E-state index < -0.39 is 0 Å². The van der Waals surface area contributed by atoms with Crippen molar-refractivity contribution in [3.63, 3.8) is 0 Å². The summed E-state index contributed by atoms with van der Waals surface area (Å²) in [6, 6.07) is 15.5. The molecule has 0 spiro atoms. The molecule has 4 aromatic rings. The Morgan fingerprint density at radius 3 is 2.67 bits per heavy atom. The van der Waals surface area contributed by atoms with Crippen LogP contribution in [0.1, 0.15) is 11.1 Å². The van der Waals surface area contributed by atoms with Crippen LogP contribution in [0.15, 0.2) is 64.1 Å². The molecule has 0 radical (unpaired) electrons. The highest BCUT2D eigenvalue weighted by Gasteiger charge is 2.34. The molecular weight excluding hydrogens is 428 g/mol. The van der Waals surface area contributed by atoms with Gasteiger partial charge in [0.25, 0.3) is 11.5 Å². The summed E-state index contributed by atoms with van der Waals surface area (Å²) in [4.78, 5) is 32.3. The Kier molecular flexibility index (Phi) is 3.70. The van der Waals surface area contributed by atoms with Crippen LogP contribution in [0.25, 0.3) is 10.5 Å². The van der Waals surface area contributed by atoms with Crippen LogP contribution < -0.4 is 15.0 Å². The van der Waals surface area contributed by atoms with Gasteiger partial charge in [-0.15, -0.1) is 0 Å². The van der Waals surface area contributed by atoms with Gasteiger partial charge in [0.15, 0.2) is 0 Å². The summed E-state index contributed by atoms with van der Waals surface area (Å²) < 4.78 is 2.45. The number of anilines is 1. The second-order valence-corrected chi connectivity index (χ2v) is 8.00. The van der Waals surface area contributed by atoms with Crippen molar-refractivity contribution < 1.29 is 4.79 Å². The number of thiazole rings is 1. The number of hydrogen-bond acceptors (Lipinski definition) is 5. The Hall–Kier alpha value is -2.84. The van der Waals surface area contributed by atoms with E-state index in [1.165, 1.54) is 22.2 Å². The van der Waals surface area contributed by atoms with Crippen molar-refractivity contribution in [1.82, 2.24) is 14.6 Å². The zero-order valence-electron chi connectivity index (χ0n) is 13.8. The molecule has 132 valence electrons. The highest BCUT2D eigenvalue weighted by molar-refractivity contribution is 9.10. The first-order valence-electron chi connectivity index (χ1n) is 8.16. The Morgan fingerprint density at radius 2 is 1.89 bits per heavy atom. The fourth-order valence-corrected chi connectivity index (χ4v) is 4.61. The summed E-state index contributed by atoms with van der Waals surface area (Å²) in [5.74, 6) is -0.187. The minimum atomic E-state index is -0.316. The molecule has 1 aliphatic heterocycles. The van der Waals surface area contributed by atoms with Crippen LogP contribution in [-0.2, 0) is 11.3 Å². The number of hydrogen-bond donors (Lipinski definition) is 0. The lowest BCUT2D eigenvalue weighted by Gasteiger charge is -2.17. The number of fused-ring (bicyclic) bond motifs is 2. The molecular formula is C19H11BrN4O2S. The molecule has 0 unspecified atom stereocenters. The van der Waals surface area contributed by atoms with Gasteiger partial charge >= 0.3 is 0 Å². The number of nitrogens with zero attached hydrogens (tertiary/aromatic N) is 4. The van der Waals surface area contributed by atoms with Crippen molar-refractivity contribution in [2.75, 3.05) is 4.90 Å². The number of halogens is 1. The van der Waals surface area contributed by atoms with Crippen LogP contribution in [0.5, 0.6) is 0 Å². The van der Waals surface area contributed by atoms with Gasteiger partial charge in [-0.25, -0.2) is 4.98 Å². The van der Waals surface area contributed by atoms with Crippen LogP contribution in [0.3, 0.4) is 0 Å². The van der Waals surface area contributed by atoms with Gasteiger partial charge < -0.3 is 4.90 Å². The smallest absolute Gasteiger partial charge is 0.291 e. The minimum absolute atomic E-state index is 0.187. The fraction of sp³-hybridized carbons (Fsp3) is 0.0526. The standard InChI is InChI=1S/C19H11BrN4O2S/c20-12-6-7-14-13(8-12)15(16-18(26)24-19(27-16)21-10-22-24)17(25)23(14)9-11-4-2-1-3-5-11/h1-8,10H,9H2. The molecule has 0 atom stereocenters. The molecule has 0 saturated heterocycles. The molecule has 1 aliphatic rings. The monoisotopic (exact) mass is 438 g/mol. The van der Waals surface area contributed by atoms with Gasteiger partial charge in [-0.05, 0) is 23.8 Å². The second-order valence-electron chi connectivity index (χ2n) is 6.10. The maximum Gasteiger partial charge on any atom is 0.291 e. The van der Waals surface area contributed by atoms with Crippen LogP contribution in [-0.4, -0.2) is 20.5 Å². The Labute approximate surface area is 165 Å². The molecule has 5 rings (SSSR count). The van der Waals surface area contributed by atoms with Gasteiger partial charge in [0, 0.05) is 10.0 Å². The second kappa shape index (κ2) is 6.11. The summed E-state index contributed by atoms with van der Waals surface area (Å²) in [7, 11) is 0. The molecule has 2 aromatic carbocycles. The van der Waals surface area contributed by atoms with Gasteiger partial charge in [-0.1, -0.05) is 57.6 Å². The van der Waals surface area contributed by atoms with E-state index in [0.29, 0.717) is 21.6 Å². The third-order valence-corrected chi connectivity index (χ3v) is 6.02. The first-order chi connectivity index (χ1) is 13.1. The summed E-state index contributed by atoms with van der Waals surface area (Å²) in [5.41, 5.74) is 2.64. The van der Waals surface area contributed by atoms with Crippen LogP contribution in [0.2, 0.25) is 0 Å². The average molecular weight is 439 g/mol. The lowest BCUT2D eigenvalue weighted by Crippen LogP contribution is -2.32. The summed E-state index contributed by atoms with van der Waals surface area (Å²) in [6.45, 7) is 0.437. The molecule has 27 heavy (non-hydrogen) atoms. The third kappa shape index (κ3) is 2.52. The largest absolute Gasteiger partial charge is 0.303 e. The Morgan fingerprint density at radius 1 is 1.07 bits per heavy atom. The molecule has 0 bridgehead atoms. The molecule has 6 nitrogen and oxygen atoms in total. The van der Waals surface area contributed by atoms with Crippen LogP contribution >= 0.6 is 27.3 Å². The molecule has 2 aromatic heterocycles. The molecule has 0 aliphatic carbocycles.